The Balaban J connectivity index is 1.58. The van der Waals surface area contributed by atoms with Gasteiger partial charge in [-0.3, -0.25) is 9.59 Å². The van der Waals surface area contributed by atoms with Crippen LogP contribution in [0.5, 0.6) is 0 Å². The largest absolute Gasteiger partial charge is 0.341 e. The van der Waals surface area contributed by atoms with Crippen molar-refractivity contribution in [3.63, 3.8) is 0 Å². The summed E-state index contributed by atoms with van der Waals surface area (Å²) in [5, 5.41) is 3.40. The molecule has 3 rings (SSSR count). The average Bonchev–Trinajstić information content (AvgIpc) is 2.87. The molecule has 0 spiro atoms. The van der Waals surface area contributed by atoms with Crippen molar-refractivity contribution in [1.29, 1.82) is 0 Å². The molecule has 2 saturated heterocycles. The van der Waals surface area contributed by atoms with E-state index in [1.165, 1.54) is 0 Å². The van der Waals surface area contributed by atoms with Gasteiger partial charge in [0.25, 0.3) is 5.91 Å². The van der Waals surface area contributed by atoms with Crippen LogP contribution in [0.2, 0.25) is 0 Å². The Bertz CT molecular complexity index is 575. The Morgan fingerprint density at radius 1 is 1.04 bits per heavy atom. The van der Waals surface area contributed by atoms with E-state index >= 15 is 0 Å². The van der Waals surface area contributed by atoms with Crippen LogP contribution in [0.15, 0.2) is 30.3 Å². The van der Waals surface area contributed by atoms with Crippen molar-refractivity contribution in [1.82, 2.24) is 15.1 Å². The van der Waals surface area contributed by atoms with Gasteiger partial charge in [0.2, 0.25) is 5.91 Å². The minimum absolute atomic E-state index is 0.0698. The Kier molecular flexibility index (Phi) is 5.51. The summed E-state index contributed by atoms with van der Waals surface area (Å²) in [6.07, 6.45) is 2.69. The van der Waals surface area contributed by atoms with Crippen molar-refractivity contribution in [3.8, 4) is 0 Å². The highest BCUT2D eigenvalue weighted by atomic mass is 16.2. The monoisotopic (exact) mass is 329 g/mol. The highest BCUT2D eigenvalue weighted by Crippen LogP contribution is 2.20. The maximum absolute atomic E-state index is 12.8. The van der Waals surface area contributed by atoms with Crippen molar-refractivity contribution in [2.24, 2.45) is 5.92 Å². The molecule has 0 saturated carbocycles. The number of rotatable bonds is 2. The van der Waals surface area contributed by atoms with E-state index in [-0.39, 0.29) is 17.7 Å². The zero-order chi connectivity index (χ0) is 16.9. The molecule has 130 valence electrons. The Morgan fingerprint density at radius 2 is 1.75 bits per heavy atom. The first-order valence-electron chi connectivity index (χ1n) is 9.01. The maximum Gasteiger partial charge on any atom is 0.253 e. The fourth-order valence-electron chi connectivity index (χ4n) is 3.72. The van der Waals surface area contributed by atoms with Gasteiger partial charge in [-0.25, -0.2) is 0 Å². The van der Waals surface area contributed by atoms with Crippen LogP contribution in [0.3, 0.4) is 0 Å². The zero-order valence-electron chi connectivity index (χ0n) is 14.4. The number of piperidine rings is 1. The van der Waals surface area contributed by atoms with Gasteiger partial charge in [0, 0.05) is 43.7 Å². The first-order valence-corrected chi connectivity index (χ1v) is 9.01. The minimum Gasteiger partial charge on any atom is -0.341 e. The van der Waals surface area contributed by atoms with E-state index in [0.29, 0.717) is 19.1 Å². The molecule has 1 N–H and O–H groups in total. The van der Waals surface area contributed by atoms with E-state index in [1.807, 2.05) is 40.1 Å². The normalized spacial score (nSPS) is 25.2. The molecule has 0 bridgehead atoms. The van der Waals surface area contributed by atoms with Crippen LogP contribution >= 0.6 is 0 Å². The molecule has 2 aliphatic heterocycles. The topological polar surface area (TPSA) is 52.7 Å². The quantitative estimate of drug-likeness (QED) is 0.899. The van der Waals surface area contributed by atoms with Gasteiger partial charge < -0.3 is 15.1 Å². The Morgan fingerprint density at radius 3 is 2.50 bits per heavy atom. The number of benzene rings is 1. The molecule has 0 unspecified atom stereocenters. The van der Waals surface area contributed by atoms with Gasteiger partial charge in [-0.05, 0) is 44.9 Å². The fraction of sp³-hybridized carbons (Fsp3) is 0.579. The molecule has 24 heavy (non-hydrogen) atoms. The lowest BCUT2D eigenvalue weighted by Gasteiger charge is -2.31. The van der Waals surface area contributed by atoms with Crippen molar-refractivity contribution < 1.29 is 9.59 Å². The number of amides is 2. The molecule has 2 fully saturated rings. The second kappa shape index (κ2) is 7.79. The van der Waals surface area contributed by atoms with Crippen molar-refractivity contribution in [2.45, 2.75) is 32.2 Å². The molecule has 5 nitrogen and oxygen atoms in total. The van der Waals surface area contributed by atoms with E-state index in [4.69, 9.17) is 0 Å². The Labute approximate surface area is 144 Å². The van der Waals surface area contributed by atoms with E-state index in [2.05, 4.69) is 12.2 Å². The summed E-state index contributed by atoms with van der Waals surface area (Å²) in [5.41, 5.74) is 0.726. The van der Waals surface area contributed by atoms with Gasteiger partial charge in [0.05, 0.1) is 0 Å². The molecule has 2 aliphatic rings. The molecule has 2 amide bonds. The van der Waals surface area contributed by atoms with Crippen LogP contribution in [-0.2, 0) is 4.79 Å². The van der Waals surface area contributed by atoms with Crippen LogP contribution in [0.1, 0.15) is 36.5 Å². The first-order chi connectivity index (χ1) is 11.6. The van der Waals surface area contributed by atoms with Crippen molar-refractivity contribution in [3.05, 3.63) is 35.9 Å². The molecule has 2 atom stereocenters. The van der Waals surface area contributed by atoms with Crippen molar-refractivity contribution in [2.75, 3.05) is 32.7 Å². The summed E-state index contributed by atoms with van der Waals surface area (Å²) in [7, 11) is 0. The smallest absolute Gasteiger partial charge is 0.253 e. The number of hydrogen-bond donors (Lipinski definition) is 1. The lowest BCUT2D eigenvalue weighted by Crippen LogP contribution is -2.45. The number of nitrogens with one attached hydrogen (secondary N) is 1. The SMILES string of the molecule is C[C@H]1C[C@@H](C(=O)N2CCCN(C(=O)c3ccccc3)CC2)CCN1. The van der Waals surface area contributed by atoms with Crippen LogP contribution < -0.4 is 5.32 Å². The molecule has 5 heteroatoms. The maximum atomic E-state index is 12.8. The summed E-state index contributed by atoms with van der Waals surface area (Å²) in [6.45, 7) is 5.82. The van der Waals surface area contributed by atoms with E-state index in [0.717, 1.165) is 44.5 Å². The number of nitrogens with zero attached hydrogens (tertiary/aromatic N) is 2. The summed E-state index contributed by atoms with van der Waals surface area (Å²) >= 11 is 0. The third-order valence-electron chi connectivity index (χ3n) is 5.09. The summed E-state index contributed by atoms with van der Waals surface area (Å²) in [5.74, 6) is 0.482. The number of hydrogen-bond acceptors (Lipinski definition) is 3. The zero-order valence-corrected chi connectivity index (χ0v) is 14.4. The number of carbonyl (C=O) groups is 2. The molecule has 1 aromatic rings. The molecular formula is C19H27N3O2. The minimum atomic E-state index is 0.0698. The Hall–Kier alpha value is -1.88. The standard InChI is InChI=1S/C19H27N3O2/c1-15-14-17(8-9-20-15)19(24)22-11-5-10-21(12-13-22)18(23)16-6-3-2-4-7-16/h2-4,6-7,15,17,20H,5,8-14H2,1H3/t15-,17-/m0/s1. The van der Waals surface area contributed by atoms with E-state index in [9.17, 15) is 9.59 Å². The second-order valence-electron chi connectivity index (χ2n) is 6.91. The molecule has 1 aromatic carbocycles. The third kappa shape index (κ3) is 3.96. The third-order valence-corrected chi connectivity index (χ3v) is 5.09. The second-order valence-corrected chi connectivity index (χ2v) is 6.91. The lowest BCUT2D eigenvalue weighted by atomic mass is 9.92. The van der Waals surface area contributed by atoms with Gasteiger partial charge in [-0.15, -0.1) is 0 Å². The molecule has 0 aromatic heterocycles. The summed E-state index contributed by atoms with van der Waals surface area (Å²) < 4.78 is 0. The van der Waals surface area contributed by atoms with Gasteiger partial charge in [0.15, 0.2) is 0 Å². The van der Waals surface area contributed by atoms with Gasteiger partial charge >= 0.3 is 0 Å². The molecule has 0 radical (unpaired) electrons. The lowest BCUT2D eigenvalue weighted by molar-refractivity contribution is -0.136. The fourth-order valence-corrected chi connectivity index (χ4v) is 3.72. The van der Waals surface area contributed by atoms with E-state index in [1.54, 1.807) is 0 Å². The van der Waals surface area contributed by atoms with Crippen molar-refractivity contribution >= 4 is 11.8 Å². The summed E-state index contributed by atoms with van der Waals surface area (Å²) in [6, 6.07) is 9.81. The molecule has 2 heterocycles. The van der Waals surface area contributed by atoms with Gasteiger partial charge in [-0.1, -0.05) is 18.2 Å². The van der Waals surface area contributed by atoms with Crippen LogP contribution in [0.25, 0.3) is 0 Å². The average molecular weight is 329 g/mol. The highest BCUT2D eigenvalue weighted by Gasteiger charge is 2.30. The molecular weight excluding hydrogens is 302 g/mol. The number of carbonyl (C=O) groups excluding carboxylic acids is 2. The predicted molar refractivity (Wildman–Crippen MR) is 93.7 cm³/mol. The molecule has 0 aliphatic carbocycles. The van der Waals surface area contributed by atoms with Gasteiger partial charge in [0.1, 0.15) is 0 Å². The van der Waals surface area contributed by atoms with Crippen LogP contribution in [0, 0.1) is 5.92 Å². The van der Waals surface area contributed by atoms with Crippen LogP contribution in [0.4, 0.5) is 0 Å². The predicted octanol–water partition coefficient (Wildman–Crippen LogP) is 1.75. The highest BCUT2D eigenvalue weighted by molar-refractivity contribution is 5.94. The van der Waals surface area contributed by atoms with Crippen LogP contribution in [-0.4, -0.2) is 60.4 Å². The first kappa shape index (κ1) is 17.0. The van der Waals surface area contributed by atoms with E-state index < -0.39 is 0 Å². The van der Waals surface area contributed by atoms with Gasteiger partial charge in [-0.2, -0.15) is 0 Å². The summed E-state index contributed by atoms with van der Waals surface area (Å²) in [4.78, 5) is 29.2.